The smallest absolute Gasteiger partial charge is 0.240 e. The van der Waals surface area contributed by atoms with E-state index >= 15 is 0 Å². The minimum Gasteiger partial charge on any atom is -0.454 e. The first kappa shape index (κ1) is 16.4. The molecule has 2 heterocycles. The summed E-state index contributed by atoms with van der Waals surface area (Å²) in [5, 5.41) is 0. The predicted molar refractivity (Wildman–Crippen MR) is 91.3 cm³/mol. The van der Waals surface area contributed by atoms with Crippen LogP contribution in [0.4, 0.5) is 0 Å². The summed E-state index contributed by atoms with van der Waals surface area (Å²) in [7, 11) is 1.55. The fourth-order valence-corrected chi connectivity index (χ4v) is 4.56. The Bertz CT molecular complexity index is 754. The number of carbonyl (C=O) groups is 1. The molecule has 2 aliphatic heterocycles. The molecule has 0 radical (unpaired) electrons. The highest BCUT2D eigenvalue weighted by Crippen LogP contribution is 2.62. The Kier molecular flexibility index (Phi) is 3.74. The first-order valence-corrected chi connectivity index (χ1v) is 8.52. The Morgan fingerprint density at radius 2 is 2.16 bits per heavy atom. The van der Waals surface area contributed by atoms with Crippen LogP contribution in [0.3, 0.4) is 0 Å². The number of hydrogen-bond acceptors (Lipinski definition) is 5. The van der Waals surface area contributed by atoms with Gasteiger partial charge in [-0.3, -0.25) is 4.79 Å². The van der Waals surface area contributed by atoms with Crippen LogP contribution in [0.25, 0.3) is 0 Å². The molecule has 132 valence electrons. The fraction of sp³-hybridized carbons (Fsp3) is 0.450. The minimum absolute atomic E-state index is 0.0553. The summed E-state index contributed by atoms with van der Waals surface area (Å²) in [5.41, 5.74) is 0.481. The van der Waals surface area contributed by atoms with Gasteiger partial charge >= 0.3 is 0 Å². The lowest BCUT2D eigenvalue weighted by Gasteiger charge is -2.44. The van der Waals surface area contributed by atoms with Gasteiger partial charge in [0.15, 0.2) is 11.5 Å². The largest absolute Gasteiger partial charge is 0.454 e. The van der Waals surface area contributed by atoms with Crippen molar-refractivity contribution >= 4 is 5.78 Å². The number of rotatable bonds is 4. The highest BCUT2D eigenvalue weighted by Gasteiger charge is 2.67. The summed E-state index contributed by atoms with van der Waals surface area (Å²) in [6.45, 7) is 6.24. The molecule has 4 atom stereocenters. The van der Waals surface area contributed by atoms with Crippen molar-refractivity contribution < 1.29 is 23.7 Å². The van der Waals surface area contributed by atoms with E-state index in [0.717, 1.165) is 11.3 Å². The molecule has 0 amide bonds. The molecular formula is C20H22O5. The van der Waals surface area contributed by atoms with E-state index in [4.69, 9.17) is 18.9 Å². The second kappa shape index (κ2) is 5.71. The number of methoxy groups -OCH3 is 1. The molecule has 4 unspecified atom stereocenters. The van der Waals surface area contributed by atoms with Crippen LogP contribution in [0.15, 0.2) is 43.0 Å². The first-order valence-electron chi connectivity index (χ1n) is 8.52. The maximum atomic E-state index is 12.8. The third-order valence-electron chi connectivity index (χ3n) is 5.87. The van der Waals surface area contributed by atoms with E-state index in [1.54, 1.807) is 13.2 Å². The molecule has 1 aromatic carbocycles. The van der Waals surface area contributed by atoms with E-state index in [0.29, 0.717) is 18.6 Å². The lowest BCUT2D eigenvalue weighted by Crippen LogP contribution is -2.55. The maximum absolute atomic E-state index is 12.8. The van der Waals surface area contributed by atoms with Gasteiger partial charge in [-0.2, -0.15) is 0 Å². The Hall–Kier alpha value is -2.11. The van der Waals surface area contributed by atoms with Gasteiger partial charge in [-0.25, -0.2) is 0 Å². The van der Waals surface area contributed by atoms with E-state index in [2.05, 4.69) is 13.5 Å². The van der Waals surface area contributed by atoms with Crippen molar-refractivity contribution in [3.8, 4) is 11.5 Å². The molecule has 0 spiro atoms. The molecule has 5 nitrogen and oxygen atoms in total. The average Bonchev–Trinajstić information content (AvgIpc) is 3.18. The molecular weight excluding hydrogens is 320 g/mol. The number of carbonyl (C=O) groups excluding carboxylic acids is 1. The van der Waals surface area contributed by atoms with E-state index in [9.17, 15) is 4.79 Å². The van der Waals surface area contributed by atoms with Crippen molar-refractivity contribution in [2.24, 2.45) is 11.3 Å². The van der Waals surface area contributed by atoms with Crippen LogP contribution in [-0.4, -0.2) is 25.5 Å². The fourth-order valence-electron chi connectivity index (χ4n) is 4.56. The second-order valence-corrected chi connectivity index (χ2v) is 6.88. The van der Waals surface area contributed by atoms with E-state index < -0.39 is 11.2 Å². The first-order chi connectivity index (χ1) is 12.1. The van der Waals surface area contributed by atoms with Crippen LogP contribution >= 0.6 is 0 Å². The van der Waals surface area contributed by atoms with Gasteiger partial charge in [0, 0.05) is 12.5 Å². The summed E-state index contributed by atoms with van der Waals surface area (Å²) >= 11 is 0. The van der Waals surface area contributed by atoms with Gasteiger partial charge in [0.2, 0.25) is 18.4 Å². The highest BCUT2D eigenvalue weighted by molar-refractivity contribution is 5.98. The molecule has 0 bridgehead atoms. The van der Waals surface area contributed by atoms with E-state index in [1.807, 2.05) is 30.4 Å². The van der Waals surface area contributed by atoms with Gasteiger partial charge in [0.1, 0.15) is 0 Å². The quantitative estimate of drug-likeness (QED) is 0.783. The van der Waals surface area contributed by atoms with Gasteiger partial charge < -0.3 is 18.9 Å². The predicted octanol–water partition coefficient (Wildman–Crippen LogP) is 3.56. The third-order valence-corrected chi connectivity index (χ3v) is 5.87. The number of fused-ring (bicyclic) bond motifs is 2. The standard InChI is InChI=1S/C20H22O5/c1-4-9-19-10-5-6-17(21)20(19,22-3)25-18(13(19)2)14-7-8-15-16(11-14)24-12-23-15/h4-8,11,13,18H,1,9-10,12H2,2-3H3. The lowest BCUT2D eigenvalue weighted by molar-refractivity contribution is -0.243. The zero-order chi connectivity index (χ0) is 17.7. The van der Waals surface area contributed by atoms with E-state index in [-0.39, 0.29) is 24.6 Å². The van der Waals surface area contributed by atoms with Crippen LogP contribution in [0.5, 0.6) is 11.5 Å². The molecule has 0 aromatic heterocycles. The van der Waals surface area contributed by atoms with Crippen LogP contribution in [0.2, 0.25) is 0 Å². The minimum atomic E-state index is -1.28. The summed E-state index contributed by atoms with van der Waals surface area (Å²) < 4.78 is 23.0. The highest BCUT2D eigenvalue weighted by atomic mass is 16.7. The molecule has 5 heteroatoms. The van der Waals surface area contributed by atoms with E-state index in [1.165, 1.54) is 0 Å². The Morgan fingerprint density at radius 3 is 2.92 bits per heavy atom. The van der Waals surface area contributed by atoms with Crippen molar-refractivity contribution in [1.29, 1.82) is 0 Å². The molecule has 4 rings (SSSR count). The Morgan fingerprint density at radius 1 is 1.36 bits per heavy atom. The number of ketones is 1. The van der Waals surface area contributed by atoms with Gasteiger partial charge in [-0.15, -0.1) is 6.58 Å². The third kappa shape index (κ3) is 2.06. The van der Waals surface area contributed by atoms with Gasteiger partial charge in [-0.05, 0) is 42.5 Å². The zero-order valence-corrected chi connectivity index (χ0v) is 14.5. The number of benzene rings is 1. The number of hydrogen-bond donors (Lipinski definition) is 0. The van der Waals surface area contributed by atoms with Crippen LogP contribution in [-0.2, 0) is 14.3 Å². The molecule has 3 aliphatic rings. The molecule has 1 aromatic rings. The Balaban J connectivity index is 1.80. The maximum Gasteiger partial charge on any atom is 0.240 e. The molecule has 25 heavy (non-hydrogen) atoms. The van der Waals surface area contributed by atoms with Crippen molar-refractivity contribution in [3.63, 3.8) is 0 Å². The van der Waals surface area contributed by atoms with Crippen LogP contribution < -0.4 is 9.47 Å². The lowest BCUT2D eigenvalue weighted by atomic mass is 9.62. The zero-order valence-electron chi connectivity index (χ0n) is 14.5. The van der Waals surface area contributed by atoms with Gasteiger partial charge in [-0.1, -0.05) is 25.1 Å². The normalized spacial score (nSPS) is 35.7. The number of allylic oxidation sites excluding steroid dienone is 2. The van der Waals surface area contributed by atoms with Crippen molar-refractivity contribution in [1.82, 2.24) is 0 Å². The number of ether oxygens (including phenoxy) is 4. The molecule has 1 fully saturated rings. The van der Waals surface area contributed by atoms with Crippen molar-refractivity contribution in [2.45, 2.75) is 31.7 Å². The summed E-state index contributed by atoms with van der Waals surface area (Å²) in [5.74, 6) is 0.0673. The molecule has 1 saturated heterocycles. The van der Waals surface area contributed by atoms with Crippen molar-refractivity contribution in [2.75, 3.05) is 13.9 Å². The summed E-state index contributed by atoms with van der Waals surface area (Å²) in [6.07, 6.45) is 6.41. The van der Waals surface area contributed by atoms with Gasteiger partial charge in [0.05, 0.1) is 6.10 Å². The van der Waals surface area contributed by atoms with Gasteiger partial charge in [0.25, 0.3) is 0 Å². The summed E-state index contributed by atoms with van der Waals surface area (Å²) in [4.78, 5) is 12.8. The second-order valence-electron chi connectivity index (χ2n) is 6.88. The monoisotopic (exact) mass is 342 g/mol. The Labute approximate surface area is 147 Å². The van der Waals surface area contributed by atoms with Crippen molar-refractivity contribution in [3.05, 3.63) is 48.6 Å². The summed E-state index contributed by atoms with van der Waals surface area (Å²) in [6, 6.07) is 5.79. The van der Waals surface area contributed by atoms with Crippen LogP contribution in [0, 0.1) is 11.3 Å². The average molecular weight is 342 g/mol. The topological polar surface area (TPSA) is 54.0 Å². The molecule has 0 saturated carbocycles. The van der Waals surface area contributed by atoms with Crippen LogP contribution in [0.1, 0.15) is 31.4 Å². The molecule has 1 aliphatic carbocycles. The molecule has 0 N–H and O–H groups in total. The SMILES string of the molecule is C=CCC12CC=CC(=O)C1(OC)OC(c1ccc3c(c1)OCO3)C2C.